The molecule has 1 aliphatic rings. The molecule has 1 heterocycles. The van der Waals surface area contributed by atoms with Crippen LogP contribution >= 0.6 is 35.3 Å². The lowest BCUT2D eigenvalue weighted by Gasteiger charge is -2.28. The van der Waals surface area contributed by atoms with E-state index in [9.17, 15) is 8.42 Å². The van der Waals surface area contributed by atoms with Crippen LogP contribution < -0.4 is 5.32 Å². The number of thiazole rings is 1. The van der Waals surface area contributed by atoms with E-state index in [1.54, 1.807) is 7.05 Å². The molecule has 0 aliphatic heterocycles. The zero-order chi connectivity index (χ0) is 19.4. The number of guanidine groups is 1. The lowest BCUT2D eigenvalue weighted by Crippen LogP contribution is -2.43. The van der Waals surface area contributed by atoms with E-state index >= 15 is 0 Å². The van der Waals surface area contributed by atoms with Crippen LogP contribution in [-0.4, -0.2) is 56.9 Å². The second-order valence-electron chi connectivity index (χ2n) is 7.99. The zero-order valence-corrected chi connectivity index (χ0v) is 21.0. The molecule has 6 nitrogen and oxygen atoms in total. The zero-order valence-electron chi connectivity index (χ0n) is 17.0. The third kappa shape index (κ3) is 8.23. The van der Waals surface area contributed by atoms with Crippen LogP contribution in [0.25, 0.3) is 0 Å². The summed E-state index contributed by atoms with van der Waals surface area (Å²) < 4.78 is 22.8. The Labute approximate surface area is 185 Å². The monoisotopic (exact) mass is 528 g/mol. The molecule has 9 heteroatoms. The van der Waals surface area contributed by atoms with Crippen LogP contribution in [0.3, 0.4) is 0 Å². The maximum atomic E-state index is 11.4. The highest BCUT2D eigenvalue weighted by molar-refractivity contribution is 14.0. The highest BCUT2D eigenvalue weighted by atomic mass is 127. The van der Waals surface area contributed by atoms with Crippen molar-refractivity contribution in [2.45, 2.75) is 52.5 Å². The van der Waals surface area contributed by atoms with Gasteiger partial charge in [-0.05, 0) is 37.5 Å². The molecule has 1 aromatic rings. The quantitative estimate of drug-likeness (QED) is 0.335. The van der Waals surface area contributed by atoms with E-state index in [0.717, 1.165) is 30.4 Å². The van der Waals surface area contributed by atoms with Gasteiger partial charge in [0.05, 0.1) is 18.0 Å². The predicted octanol–water partition coefficient (Wildman–Crippen LogP) is 3.11. The molecule has 0 radical (unpaired) electrons. The molecule has 0 spiro atoms. The van der Waals surface area contributed by atoms with Crippen molar-refractivity contribution in [1.82, 2.24) is 15.2 Å². The minimum atomic E-state index is -2.94. The average Bonchev–Trinajstić information content (AvgIpc) is 2.95. The van der Waals surface area contributed by atoms with Crippen LogP contribution in [0.15, 0.2) is 4.99 Å². The van der Waals surface area contributed by atoms with Gasteiger partial charge in [-0.3, -0.25) is 4.99 Å². The fraction of sp³-hybridized carbons (Fsp3) is 0.778. The number of aromatic nitrogens is 1. The van der Waals surface area contributed by atoms with Gasteiger partial charge in [0.25, 0.3) is 0 Å². The van der Waals surface area contributed by atoms with E-state index in [0.29, 0.717) is 13.0 Å². The molecule has 0 atom stereocenters. The number of nitrogens with zero attached hydrogens (tertiary/aromatic N) is 3. The van der Waals surface area contributed by atoms with Gasteiger partial charge < -0.3 is 10.2 Å². The third-order valence-electron chi connectivity index (χ3n) is 4.71. The van der Waals surface area contributed by atoms with E-state index in [4.69, 9.17) is 4.98 Å². The summed E-state index contributed by atoms with van der Waals surface area (Å²) in [7, 11) is 0.851. The molecule has 0 saturated heterocycles. The number of sulfone groups is 1. The molecular formula is C18H33IN4O2S2. The lowest BCUT2D eigenvalue weighted by molar-refractivity contribution is 0.340. The molecule has 0 bridgehead atoms. The Hall–Kier alpha value is -0.420. The number of hydrogen-bond donors (Lipinski definition) is 1. The summed E-state index contributed by atoms with van der Waals surface area (Å²) in [5.41, 5.74) is 1.16. The summed E-state index contributed by atoms with van der Waals surface area (Å²) in [4.78, 5) is 12.7. The SMILES string of the molecule is CN=C(NCC(C)(C)CCS(C)(=O)=O)N(C)Cc1nc2c(s1)CCCC2.I. The van der Waals surface area contributed by atoms with Crippen molar-refractivity contribution in [1.29, 1.82) is 0 Å². The predicted molar refractivity (Wildman–Crippen MR) is 125 cm³/mol. The normalized spacial score (nSPS) is 15.1. The van der Waals surface area contributed by atoms with Crippen molar-refractivity contribution in [3.8, 4) is 0 Å². The van der Waals surface area contributed by atoms with Crippen LogP contribution in [0, 0.1) is 5.41 Å². The number of halogens is 1. The van der Waals surface area contributed by atoms with Gasteiger partial charge in [0.15, 0.2) is 5.96 Å². The number of rotatable bonds is 7. The largest absolute Gasteiger partial charge is 0.356 e. The molecule has 0 fully saturated rings. The smallest absolute Gasteiger partial charge is 0.193 e. The van der Waals surface area contributed by atoms with Crippen molar-refractivity contribution < 1.29 is 8.42 Å². The van der Waals surface area contributed by atoms with Crippen molar-refractivity contribution in [3.05, 3.63) is 15.6 Å². The Bertz CT molecular complexity index is 721. The van der Waals surface area contributed by atoms with E-state index in [1.165, 1.54) is 29.7 Å². The maximum Gasteiger partial charge on any atom is 0.193 e. The van der Waals surface area contributed by atoms with Gasteiger partial charge in [0.1, 0.15) is 14.8 Å². The average molecular weight is 529 g/mol. The minimum absolute atomic E-state index is 0. The summed E-state index contributed by atoms with van der Waals surface area (Å²) in [6.45, 7) is 5.57. The molecule has 27 heavy (non-hydrogen) atoms. The van der Waals surface area contributed by atoms with Crippen molar-refractivity contribution in [2.24, 2.45) is 10.4 Å². The molecule has 1 aliphatic carbocycles. The van der Waals surface area contributed by atoms with Crippen LogP contribution in [0.4, 0.5) is 0 Å². The molecule has 0 saturated carbocycles. The number of aryl methyl sites for hydroxylation is 2. The molecule has 0 amide bonds. The standard InChI is InChI=1S/C18H32N4O2S2.HI/c1-18(2,10-11-26(5,23)24)13-20-17(19-3)22(4)12-16-21-14-8-6-7-9-15(14)25-16;/h6-13H2,1-5H3,(H,19,20);1H. The number of nitrogens with one attached hydrogen (secondary N) is 1. The third-order valence-corrected chi connectivity index (χ3v) is 6.80. The summed E-state index contributed by atoms with van der Waals surface area (Å²) in [5, 5.41) is 4.52. The first kappa shape index (κ1) is 24.6. The Morgan fingerprint density at radius 3 is 2.59 bits per heavy atom. The summed E-state index contributed by atoms with van der Waals surface area (Å²) >= 11 is 1.82. The summed E-state index contributed by atoms with van der Waals surface area (Å²) in [5.74, 6) is 1.02. The first-order chi connectivity index (χ1) is 12.1. The second-order valence-corrected chi connectivity index (χ2v) is 11.4. The maximum absolute atomic E-state index is 11.4. The van der Waals surface area contributed by atoms with Gasteiger partial charge in [0, 0.05) is 31.8 Å². The number of fused-ring (bicyclic) bond motifs is 1. The number of aliphatic imine (C=N–C) groups is 1. The van der Waals surface area contributed by atoms with Crippen molar-refractivity contribution in [2.75, 3.05) is 32.6 Å². The van der Waals surface area contributed by atoms with Gasteiger partial charge in [-0.2, -0.15) is 0 Å². The van der Waals surface area contributed by atoms with Crippen molar-refractivity contribution in [3.63, 3.8) is 0 Å². The van der Waals surface area contributed by atoms with Gasteiger partial charge in [0.2, 0.25) is 0 Å². The van der Waals surface area contributed by atoms with Gasteiger partial charge >= 0.3 is 0 Å². The Morgan fingerprint density at radius 1 is 1.33 bits per heavy atom. The van der Waals surface area contributed by atoms with E-state index in [1.807, 2.05) is 18.4 Å². The topological polar surface area (TPSA) is 74.7 Å². The van der Waals surface area contributed by atoms with Gasteiger partial charge in [-0.15, -0.1) is 35.3 Å². The molecule has 2 rings (SSSR count). The van der Waals surface area contributed by atoms with Crippen LogP contribution in [-0.2, 0) is 29.2 Å². The van der Waals surface area contributed by atoms with Gasteiger partial charge in [-0.25, -0.2) is 13.4 Å². The number of hydrogen-bond acceptors (Lipinski definition) is 5. The second kappa shape index (κ2) is 10.4. The Kier molecular flexibility index (Phi) is 9.47. The van der Waals surface area contributed by atoms with Crippen LogP contribution in [0.5, 0.6) is 0 Å². The molecule has 1 aromatic heterocycles. The molecule has 0 aromatic carbocycles. The fourth-order valence-corrected chi connectivity index (χ4v) is 5.14. The lowest BCUT2D eigenvalue weighted by atomic mass is 9.90. The summed E-state index contributed by atoms with van der Waals surface area (Å²) in [6, 6.07) is 0. The Balaban J connectivity index is 0.00000364. The van der Waals surface area contributed by atoms with Gasteiger partial charge in [-0.1, -0.05) is 13.8 Å². The first-order valence-corrected chi connectivity index (χ1v) is 12.0. The molecule has 0 unspecified atom stereocenters. The van der Waals surface area contributed by atoms with Crippen LogP contribution in [0.2, 0.25) is 0 Å². The van der Waals surface area contributed by atoms with E-state index in [2.05, 4.69) is 29.1 Å². The van der Waals surface area contributed by atoms with Crippen LogP contribution in [0.1, 0.15) is 48.7 Å². The summed E-state index contributed by atoms with van der Waals surface area (Å²) in [6.07, 6.45) is 6.71. The minimum Gasteiger partial charge on any atom is -0.356 e. The van der Waals surface area contributed by atoms with E-state index in [-0.39, 0.29) is 35.1 Å². The molecule has 1 N–H and O–H groups in total. The van der Waals surface area contributed by atoms with Crippen molar-refractivity contribution >= 4 is 51.1 Å². The molecular weight excluding hydrogens is 495 g/mol. The fourth-order valence-electron chi connectivity index (χ4n) is 3.00. The first-order valence-electron chi connectivity index (χ1n) is 9.16. The highest BCUT2D eigenvalue weighted by Crippen LogP contribution is 2.27. The highest BCUT2D eigenvalue weighted by Gasteiger charge is 2.22. The molecule has 156 valence electrons. The van der Waals surface area contributed by atoms with E-state index < -0.39 is 9.84 Å². The Morgan fingerprint density at radius 2 is 2.00 bits per heavy atom.